The predicted molar refractivity (Wildman–Crippen MR) is 164 cm³/mol. The van der Waals surface area contributed by atoms with Crippen LogP contribution in [0.5, 0.6) is 5.75 Å². The van der Waals surface area contributed by atoms with E-state index in [2.05, 4.69) is 20.9 Å². The maximum absolute atomic E-state index is 13.7. The molecule has 0 spiro atoms. The average molecular weight is 594 g/mol. The number of aliphatic carboxylic acids is 1. The van der Waals surface area contributed by atoms with Crippen LogP contribution in [0.25, 0.3) is 10.9 Å². The van der Waals surface area contributed by atoms with Crippen molar-refractivity contribution in [3.63, 3.8) is 0 Å². The van der Waals surface area contributed by atoms with Gasteiger partial charge >= 0.3 is 5.97 Å². The van der Waals surface area contributed by atoms with E-state index in [0.29, 0.717) is 18.4 Å². The first-order chi connectivity index (χ1) is 20.4. The maximum Gasteiger partial charge on any atom is 0.326 e. The normalized spacial score (nSPS) is 15.5. The molecule has 11 nitrogen and oxygen atoms in total. The topological polar surface area (TPSA) is 187 Å². The first-order valence-electron chi connectivity index (χ1n) is 14.7. The van der Waals surface area contributed by atoms with Gasteiger partial charge in [0.05, 0.1) is 6.04 Å². The van der Waals surface area contributed by atoms with E-state index in [0.717, 1.165) is 16.5 Å². The predicted octanol–water partition coefficient (Wildman–Crippen LogP) is 2.62. The Labute approximate surface area is 251 Å². The van der Waals surface area contributed by atoms with Gasteiger partial charge in [0, 0.05) is 29.9 Å². The SMILES string of the molecule is CCC(C)C(N)C(=O)NC(Cc1ccc(O)cc1)C(=O)NC(C(=O)NC(Cc1c[nH]c2ccccc12)C(=O)O)C(C)CC. The van der Waals surface area contributed by atoms with Crippen LogP contribution in [0, 0.1) is 11.8 Å². The van der Waals surface area contributed by atoms with Gasteiger partial charge in [-0.2, -0.15) is 0 Å². The number of carbonyl (C=O) groups excluding carboxylic acids is 3. The van der Waals surface area contributed by atoms with Gasteiger partial charge in [-0.05, 0) is 41.2 Å². The van der Waals surface area contributed by atoms with Crippen LogP contribution in [-0.2, 0) is 32.0 Å². The molecule has 0 saturated carbocycles. The standard InChI is InChI=1S/C32H43N5O6/c1-5-18(3)27(33)30(40)35-25(15-20-11-13-22(38)14-12-20)29(39)37-28(19(4)6-2)31(41)36-26(32(42)43)16-21-17-34-24-10-8-7-9-23(21)24/h7-14,17-19,25-28,34,38H,5-6,15-16,33H2,1-4H3,(H,35,40)(H,36,41)(H,37,39)(H,42,43). The molecule has 0 fully saturated rings. The van der Waals surface area contributed by atoms with E-state index in [-0.39, 0.29) is 30.4 Å². The van der Waals surface area contributed by atoms with Crippen molar-refractivity contribution in [2.75, 3.05) is 0 Å². The van der Waals surface area contributed by atoms with Crippen molar-refractivity contribution in [2.24, 2.45) is 17.6 Å². The van der Waals surface area contributed by atoms with Crippen molar-refractivity contribution in [1.82, 2.24) is 20.9 Å². The van der Waals surface area contributed by atoms with Gasteiger partial charge in [-0.15, -0.1) is 0 Å². The second kappa shape index (κ2) is 15.2. The Bertz CT molecular complexity index is 1400. The van der Waals surface area contributed by atoms with Crippen LogP contribution >= 0.6 is 0 Å². The van der Waals surface area contributed by atoms with Crippen molar-refractivity contribution in [3.05, 3.63) is 65.9 Å². The number of aromatic nitrogens is 1. The summed E-state index contributed by atoms with van der Waals surface area (Å²) in [5.74, 6) is -3.36. The lowest BCUT2D eigenvalue weighted by atomic mass is 9.95. The van der Waals surface area contributed by atoms with Crippen LogP contribution in [-0.4, -0.2) is 63.1 Å². The van der Waals surface area contributed by atoms with Crippen molar-refractivity contribution >= 4 is 34.6 Å². The van der Waals surface area contributed by atoms with Gasteiger partial charge in [0.2, 0.25) is 17.7 Å². The van der Waals surface area contributed by atoms with Crippen molar-refractivity contribution in [3.8, 4) is 5.75 Å². The van der Waals surface area contributed by atoms with Gasteiger partial charge in [-0.25, -0.2) is 4.79 Å². The van der Waals surface area contributed by atoms with E-state index < -0.39 is 47.9 Å². The van der Waals surface area contributed by atoms with Gasteiger partial charge < -0.3 is 36.9 Å². The number of aromatic amines is 1. The van der Waals surface area contributed by atoms with E-state index >= 15 is 0 Å². The van der Waals surface area contributed by atoms with E-state index in [4.69, 9.17) is 5.73 Å². The molecule has 3 amide bonds. The number of aromatic hydroxyl groups is 1. The number of phenolic OH excluding ortho intramolecular Hbond substituents is 1. The van der Waals surface area contributed by atoms with Crippen LogP contribution in [0.1, 0.15) is 51.7 Å². The number of amides is 3. The summed E-state index contributed by atoms with van der Waals surface area (Å²) in [6.45, 7) is 7.40. The molecule has 0 bridgehead atoms. The Morgan fingerprint density at radius 1 is 0.814 bits per heavy atom. The molecule has 43 heavy (non-hydrogen) atoms. The number of carboxylic acid groups (broad SMARTS) is 1. The molecular weight excluding hydrogens is 550 g/mol. The van der Waals surface area contributed by atoms with Gasteiger partial charge in [-0.3, -0.25) is 14.4 Å². The number of para-hydroxylation sites is 1. The molecule has 8 N–H and O–H groups in total. The van der Waals surface area contributed by atoms with Crippen LogP contribution in [0.15, 0.2) is 54.7 Å². The molecule has 0 aliphatic carbocycles. The molecule has 2 aromatic carbocycles. The molecular formula is C32H43N5O6. The van der Waals surface area contributed by atoms with Crippen LogP contribution < -0.4 is 21.7 Å². The number of hydrogen-bond donors (Lipinski definition) is 7. The second-order valence-electron chi connectivity index (χ2n) is 11.2. The van der Waals surface area contributed by atoms with Crippen molar-refractivity contribution in [2.45, 2.75) is 77.5 Å². The quantitative estimate of drug-likeness (QED) is 0.141. The van der Waals surface area contributed by atoms with Gasteiger partial charge in [0.25, 0.3) is 0 Å². The minimum atomic E-state index is -1.24. The molecule has 0 aliphatic rings. The third-order valence-electron chi connectivity index (χ3n) is 8.08. The highest BCUT2D eigenvalue weighted by molar-refractivity contribution is 5.94. The smallest absolute Gasteiger partial charge is 0.326 e. The number of fused-ring (bicyclic) bond motifs is 1. The number of nitrogens with two attached hydrogens (primary N) is 1. The van der Waals surface area contributed by atoms with Gasteiger partial charge in [-0.1, -0.05) is 70.9 Å². The van der Waals surface area contributed by atoms with Crippen LogP contribution in [0.2, 0.25) is 0 Å². The molecule has 6 unspecified atom stereocenters. The van der Waals surface area contributed by atoms with Crippen molar-refractivity contribution in [1.29, 1.82) is 0 Å². The summed E-state index contributed by atoms with van der Waals surface area (Å²) in [5.41, 5.74) is 8.39. The number of carboxylic acids is 1. The summed E-state index contributed by atoms with van der Waals surface area (Å²) in [4.78, 5) is 55.5. The van der Waals surface area contributed by atoms with Crippen LogP contribution in [0.3, 0.4) is 0 Å². The molecule has 0 radical (unpaired) electrons. The van der Waals surface area contributed by atoms with E-state index in [1.807, 2.05) is 45.0 Å². The highest BCUT2D eigenvalue weighted by Gasteiger charge is 2.33. The Kier molecular flexibility index (Phi) is 11.7. The summed E-state index contributed by atoms with van der Waals surface area (Å²) in [6, 6.07) is 9.49. The summed E-state index contributed by atoms with van der Waals surface area (Å²) >= 11 is 0. The van der Waals surface area contributed by atoms with Crippen molar-refractivity contribution < 1.29 is 29.4 Å². The molecule has 3 rings (SSSR count). The molecule has 11 heteroatoms. The van der Waals surface area contributed by atoms with Crippen LogP contribution in [0.4, 0.5) is 0 Å². The molecule has 0 aliphatic heterocycles. The first-order valence-corrected chi connectivity index (χ1v) is 14.7. The Hall–Kier alpha value is -4.38. The number of nitrogens with one attached hydrogen (secondary N) is 4. The largest absolute Gasteiger partial charge is 0.508 e. The lowest BCUT2D eigenvalue weighted by Gasteiger charge is -2.28. The zero-order valence-electron chi connectivity index (χ0n) is 25.1. The molecule has 0 saturated heterocycles. The summed E-state index contributed by atoms with van der Waals surface area (Å²) in [6.07, 6.45) is 3.04. The van der Waals surface area contributed by atoms with E-state index in [9.17, 15) is 29.4 Å². The number of hydrogen-bond acceptors (Lipinski definition) is 6. The fourth-order valence-corrected chi connectivity index (χ4v) is 4.80. The molecule has 232 valence electrons. The molecule has 3 aromatic rings. The lowest BCUT2D eigenvalue weighted by Crippen LogP contribution is -2.59. The second-order valence-corrected chi connectivity index (χ2v) is 11.2. The Morgan fingerprint density at radius 3 is 2.07 bits per heavy atom. The fourth-order valence-electron chi connectivity index (χ4n) is 4.80. The molecule has 1 aromatic heterocycles. The highest BCUT2D eigenvalue weighted by atomic mass is 16.4. The first kappa shape index (κ1) is 33.1. The summed E-state index contributed by atoms with van der Waals surface area (Å²) in [7, 11) is 0. The Morgan fingerprint density at radius 2 is 1.44 bits per heavy atom. The van der Waals surface area contributed by atoms with E-state index in [1.165, 1.54) is 12.1 Å². The minimum Gasteiger partial charge on any atom is -0.508 e. The molecule has 6 atom stereocenters. The van der Waals surface area contributed by atoms with E-state index in [1.54, 1.807) is 25.3 Å². The molecule has 1 heterocycles. The summed E-state index contributed by atoms with van der Waals surface area (Å²) in [5, 5.41) is 28.6. The fraction of sp³-hybridized carbons (Fsp3) is 0.438. The Balaban J connectivity index is 1.81. The number of phenols is 1. The minimum absolute atomic E-state index is 0.0410. The number of benzene rings is 2. The number of carbonyl (C=O) groups is 4. The average Bonchev–Trinajstić information content (AvgIpc) is 3.41. The van der Waals surface area contributed by atoms with Gasteiger partial charge in [0.15, 0.2) is 0 Å². The zero-order chi connectivity index (χ0) is 31.7. The summed E-state index contributed by atoms with van der Waals surface area (Å²) < 4.78 is 0. The third kappa shape index (κ3) is 8.81. The monoisotopic (exact) mass is 593 g/mol. The maximum atomic E-state index is 13.7. The number of rotatable bonds is 15. The lowest BCUT2D eigenvalue weighted by molar-refractivity contribution is -0.142. The highest BCUT2D eigenvalue weighted by Crippen LogP contribution is 2.20. The van der Waals surface area contributed by atoms with Gasteiger partial charge in [0.1, 0.15) is 23.9 Å². The number of H-pyrrole nitrogens is 1. The third-order valence-corrected chi connectivity index (χ3v) is 8.08. The zero-order valence-corrected chi connectivity index (χ0v) is 25.1.